The smallest absolute Gasteiger partial charge is 0.253 e. The standard InChI is InChI=1S/C29H35N7O3/c1-38-23-10-8-21(9-11-23)34-14-16-35(17-15-34)27(28-31-32-33-36(28)22-6-4-3-5-7-22)25-19-20-18-24(39-2)12-13-26(20)30-29(25)37/h8-13,18-19,22,27H,3-7,14-17H2,1-2H3,(H,30,37). The zero-order chi connectivity index (χ0) is 26.8. The second-order valence-electron chi connectivity index (χ2n) is 10.4. The molecular weight excluding hydrogens is 494 g/mol. The van der Waals surface area contributed by atoms with Crippen LogP contribution < -0.4 is 19.9 Å². The number of pyridine rings is 1. The first-order valence-corrected chi connectivity index (χ1v) is 13.8. The third-order valence-corrected chi connectivity index (χ3v) is 8.18. The van der Waals surface area contributed by atoms with Crippen LogP contribution in [0, 0.1) is 0 Å². The molecule has 204 valence electrons. The fourth-order valence-corrected chi connectivity index (χ4v) is 6.03. The van der Waals surface area contributed by atoms with Gasteiger partial charge in [0.05, 0.1) is 20.3 Å². The number of H-pyrrole nitrogens is 1. The molecule has 4 aromatic rings. The number of ether oxygens (including phenoxy) is 2. The summed E-state index contributed by atoms with van der Waals surface area (Å²) in [6.07, 6.45) is 5.70. The fourth-order valence-electron chi connectivity index (χ4n) is 6.03. The molecule has 10 heteroatoms. The first-order valence-electron chi connectivity index (χ1n) is 13.8. The highest BCUT2D eigenvalue weighted by atomic mass is 16.5. The number of anilines is 1. The minimum atomic E-state index is -0.362. The Labute approximate surface area is 227 Å². The summed E-state index contributed by atoms with van der Waals surface area (Å²) in [4.78, 5) is 21.4. The van der Waals surface area contributed by atoms with Gasteiger partial charge in [0.1, 0.15) is 17.5 Å². The van der Waals surface area contributed by atoms with Crippen molar-refractivity contribution in [2.75, 3.05) is 45.3 Å². The summed E-state index contributed by atoms with van der Waals surface area (Å²) in [6, 6.07) is 15.7. The van der Waals surface area contributed by atoms with E-state index in [0.717, 1.165) is 72.9 Å². The van der Waals surface area contributed by atoms with Crippen molar-refractivity contribution >= 4 is 16.6 Å². The second-order valence-corrected chi connectivity index (χ2v) is 10.4. The van der Waals surface area contributed by atoms with Crippen LogP contribution >= 0.6 is 0 Å². The largest absolute Gasteiger partial charge is 0.497 e. The number of benzene rings is 2. The number of nitrogens with zero attached hydrogens (tertiary/aromatic N) is 6. The molecule has 1 unspecified atom stereocenters. The lowest BCUT2D eigenvalue weighted by atomic mass is 9.95. The number of fused-ring (bicyclic) bond motifs is 1. The van der Waals surface area contributed by atoms with E-state index in [4.69, 9.17) is 9.47 Å². The van der Waals surface area contributed by atoms with Crippen LogP contribution in [-0.2, 0) is 0 Å². The summed E-state index contributed by atoms with van der Waals surface area (Å²) in [5, 5.41) is 14.0. The van der Waals surface area contributed by atoms with Crippen molar-refractivity contribution in [2.45, 2.75) is 44.2 Å². The van der Waals surface area contributed by atoms with Crippen LogP contribution in [0.2, 0.25) is 0 Å². The fraction of sp³-hybridized carbons (Fsp3) is 0.448. The van der Waals surface area contributed by atoms with Gasteiger partial charge in [-0.3, -0.25) is 9.69 Å². The number of hydrogen-bond acceptors (Lipinski definition) is 8. The zero-order valence-corrected chi connectivity index (χ0v) is 22.5. The van der Waals surface area contributed by atoms with Gasteiger partial charge in [-0.2, -0.15) is 0 Å². The van der Waals surface area contributed by atoms with Crippen molar-refractivity contribution in [3.05, 3.63) is 70.3 Å². The Balaban J connectivity index is 1.37. The highest BCUT2D eigenvalue weighted by Crippen LogP contribution is 2.34. The minimum absolute atomic E-state index is 0.117. The third kappa shape index (κ3) is 5.08. The Morgan fingerprint density at radius 1 is 0.897 bits per heavy atom. The van der Waals surface area contributed by atoms with Crippen LogP contribution in [0.1, 0.15) is 55.6 Å². The quantitative estimate of drug-likeness (QED) is 0.384. The van der Waals surface area contributed by atoms with E-state index in [2.05, 4.69) is 42.4 Å². The van der Waals surface area contributed by atoms with Gasteiger partial charge in [-0.05, 0) is 71.8 Å². The van der Waals surface area contributed by atoms with E-state index in [1.807, 2.05) is 41.1 Å². The predicted molar refractivity (Wildman–Crippen MR) is 150 cm³/mol. The molecule has 1 atom stereocenters. The SMILES string of the molecule is COc1ccc(N2CCN(C(c3cc4cc(OC)ccc4[nH]c3=O)c3nnnn3C3CCCCC3)CC2)cc1. The van der Waals surface area contributed by atoms with Crippen LogP contribution in [0.25, 0.3) is 10.9 Å². The molecule has 3 heterocycles. The topological polar surface area (TPSA) is 101 Å². The Bertz CT molecular complexity index is 1470. The van der Waals surface area contributed by atoms with Crippen molar-refractivity contribution < 1.29 is 9.47 Å². The molecule has 0 amide bonds. The lowest BCUT2D eigenvalue weighted by Crippen LogP contribution is -2.49. The van der Waals surface area contributed by atoms with Crippen LogP contribution in [0.5, 0.6) is 11.5 Å². The van der Waals surface area contributed by atoms with Gasteiger partial charge < -0.3 is 19.4 Å². The second kappa shape index (κ2) is 11.1. The summed E-state index contributed by atoms with van der Waals surface area (Å²) in [5.74, 6) is 2.34. The first kappa shape index (κ1) is 25.4. The molecule has 1 saturated heterocycles. The normalized spacial score (nSPS) is 17.8. The molecule has 39 heavy (non-hydrogen) atoms. The molecule has 0 bridgehead atoms. The maximum atomic E-state index is 13.6. The Morgan fingerprint density at radius 2 is 1.62 bits per heavy atom. The minimum Gasteiger partial charge on any atom is -0.497 e. The van der Waals surface area contributed by atoms with Crippen molar-refractivity contribution in [3.8, 4) is 11.5 Å². The molecule has 1 aliphatic carbocycles. The summed E-state index contributed by atoms with van der Waals surface area (Å²) in [7, 11) is 3.33. The number of tetrazole rings is 1. The summed E-state index contributed by atoms with van der Waals surface area (Å²) >= 11 is 0. The number of hydrogen-bond donors (Lipinski definition) is 1. The van der Waals surface area contributed by atoms with E-state index in [1.165, 1.54) is 19.3 Å². The average molecular weight is 530 g/mol. The van der Waals surface area contributed by atoms with Gasteiger partial charge in [-0.25, -0.2) is 4.68 Å². The number of rotatable bonds is 7. The van der Waals surface area contributed by atoms with Crippen LogP contribution in [-0.4, -0.2) is 70.5 Å². The molecule has 1 aliphatic heterocycles. The zero-order valence-electron chi connectivity index (χ0n) is 22.5. The van der Waals surface area contributed by atoms with E-state index >= 15 is 0 Å². The molecule has 2 aromatic heterocycles. The van der Waals surface area contributed by atoms with Gasteiger partial charge in [0, 0.05) is 48.3 Å². The highest BCUT2D eigenvalue weighted by Gasteiger charge is 2.34. The van der Waals surface area contributed by atoms with Crippen LogP contribution in [0.4, 0.5) is 5.69 Å². The molecule has 2 aromatic carbocycles. The van der Waals surface area contributed by atoms with Crippen LogP contribution in [0.15, 0.2) is 53.3 Å². The van der Waals surface area contributed by atoms with Crippen molar-refractivity contribution in [3.63, 3.8) is 0 Å². The Kier molecular flexibility index (Phi) is 7.19. The molecular formula is C29H35N7O3. The number of piperazine rings is 1. The maximum absolute atomic E-state index is 13.6. The number of aromatic nitrogens is 5. The molecule has 10 nitrogen and oxygen atoms in total. The Hall–Kier alpha value is -3.92. The van der Waals surface area contributed by atoms with Crippen molar-refractivity contribution in [1.82, 2.24) is 30.1 Å². The first-order chi connectivity index (χ1) is 19.1. The van der Waals surface area contributed by atoms with E-state index in [0.29, 0.717) is 5.56 Å². The van der Waals surface area contributed by atoms with Gasteiger partial charge in [0.2, 0.25) is 0 Å². The Morgan fingerprint density at radius 3 is 2.33 bits per heavy atom. The molecule has 1 N–H and O–H groups in total. The highest BCUT2D eigenvalue weighted by molar-refractivity contribution is 5.80. The molecule has 1 saturated carbocycles. The molecule has 0 radical (unpaired) electrons. The van der Waals surface area contributed by atoms with E-state index in [-0.39, 0.29) is 17.6 Å². The lowest BCUT2D eigenvalue weighted by Gasteiger charge is -2.40. The summed E-state index contributed by atoms with van der Waals surface area (Å²) < 4.78 is 12.8. The van der Waals surface area contributed by atoms with Crippen molar-refractivity contribution in [1.29, 1.82) is 0 Å². The van der Waals surface area contributed by atoms with E-state index in [1.54, 1.807) is 14.2 Å². The summed E-state index contributed by atoms with van der Waals surface area (Å²) in [5.41, 5.74) is 2.48. The average Bonchev–Trinajstić information content (AvgIpc) is 3.48. The van der Waals surface area contributed by atoms with Gasteiger partial charge in [-0.15, -0.1) is 5.10 Å². The van der Waals surface area contributed by atoms with E-state index < -0.39 is 0 Å². The summed E-state index contributed by atoms with van der Waals surface area (Å²) in [6.45, 7) is 3.19. The van der Waals surface area contributed by atoms with Gasteiger partial charge in [-0.1, -0.05) is 19.3 Å². The number of aromatic amines is 1. The molecule has 2 fully saturated rings. The monoisotopic (exact) mass is 529 g/mol. The maximum Gasteiger partial charge on any atom is 0.253 e. The number of methoxy groups -OCH3 is 2. The van der Waals surface area contributed by atoms with E-state index in [9.17, 15) is 4.79 Å². The van der Waals surface area contributed by atoms with Gasteiger partial charge >= 0.3 is 0 Å². The third-order valence-electron chi connectivity index (χ3n) is 8.18. The molecule has 2 aliphatic rings. The predicted octanol–water partition coefficient (Wildman–Crippen LogP) is 3.95. The van der Waals surface area contributed by atoms with Crippen molar-refractivity contribution in [2.24, 2.45) is 0 Å². The lowest BCUT2D eigenvalue weighted by molar-refractivity contribution is 0.192. The number of nitrogens with one attached hydrogen (secondary N) is 1. The van der Waals surface area contributed by atoms with Gasteiger partial charge in [0.15, 0.2) is 5.82 Å². The van der Waals surface area contributed by atoms with Crippen LogP contribution in [0.3, 0.4) is 0 Å². The van der Waals surface area contributed by atoms with Gasteiger partial charge in [0.25, 0.3) is 5.56 Å². The molecule has 6 rings (SSSR count). The molecule has 0 spiro atoms.